The molecule has 0 radical (unpaired) electrons. The van der Waals surface area contributed by atoms with E-state index >= 15 is 0 Å². The summed E-state index contributed by atoms with van der Waals surface area (Å²) in [5.74, 6) is -0.417. The Bertz CT molecular complexity index is 1080. The number of likely N-dealkylation sites (N-methyl/N-ethyl adjacent to an activating group) is 1. The molecule has 2 N–H and O–H groups in total. The lowest BCUT2D eigenvalue weighted by atomic mass is 9.89. The fourth-order valence-electron chi connectivity index (χ4n) is 7.64. The van der Waals surface area contributed by atoms with Crippen molar-refractivity contribution in [1.29, 1.82) is 0 Å². The first kappa shape index (κ1) is 33.2. The van der Waals surface area contributed by atoms with Crippen LogP contribution in [-0.4, -0.2) is 109 Å². The summed E-state index contributed by atoms with van der Waals surface area (Å²) in [5, 5.41) is 8.39. The molecule has 5 rings (SSSR count). The van der Waals surface area contributed by atoms with Gasteiger partial charge >= 0.3 is 6.03 Å². The third-order valence-corrected chi connectivity index (χ3v) is 11.8. The predicted molar refractivity (Wildman–Crippen MR) is 176 cm³/mol. The zero-order chi connectivity index (χ0) is 31.1. The third-order valence-electron chi connectivity index (χ3n) is 10.9. The normalized spacial score (nSPS) is 24.5. The van der Waals surface area contributed by atoms with Crippen LogP contribution in [0.25, 0.3) is 0 Å². The lowest BCUT2D eigenvalue weighted by Crippen LogP contribution is -2.61. The molecular formula is C34H56N6O3S. The zero-order valence-corrected chi connectivity index (χ0v) is 28.2. The molecule has 1 aromatic rings. The van der Waals surface area contributed by atoms with E-state index in [-0.39, 0.29) is 29.9 Å². The lowest BCUT2D eigenvalue weighted by Gasteiger charge is -2.43. The van der Waals surface area contributed by atoms with Gasteiger partial charge in [0.05, 0.1) is 18.5 Å². The van der Waals surface area contributed by atoms with Gasteiger partial charge in [-0.05, 0) is 102 Å². The van der Waals surface area contributed by atoms with Crippen molar-refractivity contribution in [1.82, 2.24) is 30.2 Å². The SMILES string of the molecule is CN(C)CCCCC(C(=O)N1CC[C@@H](NC(=O)N2CCC3(CC2)CC3)[C@@H](C(=O)NCc2cccs2)C1)N(C)C1CCCCC1. The van der Waals surface area contributed by atoms with Crippen LogP contribution in [0.2, 0.25) is 0 Å². The maximum atomic E-state index is 14.3. The van der Waals surface area contributed by atoms with E-state index in [0.29, 0.717) is 37.5 Å². The molecule has 2 saturated carbocycles. The van der Waals surface area contributed by atoms with Crippen molar-refractivity contribution in [3.63, 3.8) is 0 Å². The Hall–Kier alpha value is -2.17. The van der Waals surface area contributed by atoms with Crippen molar-refractivity contribution in [2.24, 2.45) is 11.3 Å². The Labute approximate surface area is 269 Å². The van der Waals surface area contributed by atoms with Gasteiger partial charge in [-0.3, -0.25) is 14.5 Å². The number of nitrogens with one attached hydrogen (secondary N) is 2. The maximum Gasteiger partial charge on any atom is 0.317 e. The molecule has 246 valence electrons. The number of rotatable bonds is 12. The molecule has 0 bridgehead atoms. The first-order chi connectivity index (χ1) is 21.2. The van der Waals surface area contributed by atoms with Crippen LogP contribution in [0.1, 0.15) is 88.3 Å². The highest BCUT2D eigenvalue weighted by Gasteiger charge is 2.46. The van der Waals surface area contributed by atoms with Crippen molar-refractivity contribution in [3.8, 4) is 0 Å². The van der Waals surface area contributed by atoms with Gasteiger partial charge in [-0.25, -0.2) is 4.79 Å². The number of carbonyl (C=O) groups excluding carboxylic acids is 3. The van der Waals surface area contributed by atoms with Crippen LogP contribution in [0.15, 0.2) is 17.5 Å². The van der Waals surface area contributed by atoms with Crippen LogP contribution in [0, 0.1) is 11.3 Å². The highest BCUT2D eigenvalue weighted by molar-refractivity contribution is 7.09. The van der Waals surface area contributed by atoms with E-state index in [4.69, 9.17) is 0 Å². The maximum absolute atomic E-state index is 14.3. The molecule has 1 aromatic heterocycles. The Kier molecular flexibility index (Phi) is 11.6. The monoisotopic (exact) mass is 628 g/mol. The van der Waals surface area contributed by atoms with Gasteiger partial charge in [-0.15, -0.1) is 11.3 Å². The fourth-order valence-corrected chi connectivity index (χ4v) is 8.29. The van der Waals surface area contributed by atoms with Crippen molar-refractivity contribution in [2.45, 2.75) is 108 Å². The van der Waals surface area contributed by atoms with Crippen molar-refractivity contribution >= 4 is 29.2 Å². The minimum Gasteiger partial charge on any atom is -0.351 e. The summed E-state index contributed by atoms with van der Waals surface area (Å²) in [6, 6.07) is 3.92. The number of unbranched alkanes of at least 4 members (excludes halogenated alkanes) is 1. The topological polar surface area (TPSA) is 88.2 Å². The number of piperidine rings is 2. The predicted octanol–water partition coefficient (Wildman–Crippen LogP) is 4.53. The van der Waals surface area contributed by atoms with Crippen LogP contribution in [0.4, 0.5) is 4.79 Å². The van der Waals surface area contributed by atoms with E-state index in [9.17, 15) is 14.4 Å². The number of carbonyl (C=O) groups is 3. The van der Waals surface area contributed by atoms with E-state index in [2.05, 4.69) is 41.6 Å². The molecule has 4 amide bonds. The molecule has 3 atom stereocenters. The molecule has 3 heterocycles. The fraction of sp³-hybridized carbons (Fsp3) is 0.794. The highest BCUT2D eigenvalue weighted by Crippen LogP contribution is 2.53. The summed E-state index contributed by atoms with van der Waals surface area (Å²) in [6.45, 7) is 3.98. The smallest absolute Gasteiger partial charge is 0.317 e. The third kappa shape index (κ3) is 8.75. The molecule has 0 aromatic carbocycles. The Morgan fingerprint density at radius 3 is 2.39 bits per heavy atom. The van der Waals surface area contributed by atoms with E-state index < -0.39 is 5.92 Å². The molecular weight excluding hydrogens is 572 g/mol. The quantitative estimate of drug-likeness (QED) is 0.332. The summed E-state index contributed by atoms with van der Waals surface area (Å²) in [5.41, 5.74) is 0.500. The van der Waals surface area contributed by atoms with Crippen LogP contribution >= 0.6 is 11.3 Å². The molecule has 4 aliphatic rings. The molecule has 2 aliphatic heterocycles. The average molecular weight is 629 g/mol. The zero-order valence-electron chi connectivity index (χ0n) is 27.4. The largest absolute Gasteiger partial charge is 0.351 e. The minimum atomic E-state index is -0.481. The van der Waals surface area contributed by atoms with Crippen molar-refractivity contribution in [2.75, 3.05) is 53.9 Å². The molecule has 44 heavy (non-hydrogen) atoms. The average Bonchev–Trinajstić information content (AvgIpc) is 3.56. The van der Waals surface area contributed by atoms with Crippen LogP contribution in [-0.2, 0) is 16.1 Å². The molecule has 9 nitrogen and oxygen atoms in total. The summed E-state index contributed by atoms with van der Waals surface area (Å²) in [6.07, 6.45) is 14.3. The van der Waals surface area contributed by atoms with E-state index in [1.807, 2.05) is 27.3 Å². The van der Waals surface area contributed by atoms with Gasteiger partial charge in [-0.2, -0.15) is 0 Å². The first-order valence-corrected chi connectivity index (χ1v) is 18.1. The first-order valence-electron chi connectivity index (χ1n) is 17.3. The number of likely N-dealkylation sites (tertiary alicyclic amines) is 2. The molecule has 4 fully saturated rings. The number of thiophene rings is 1. The molecule has 2 saturated heterocycles. The second-order valence-corrected chi connectivity index (χ2v) is 15.3. The Morgan fingerprint density at radius 2 is 1.73 bits per heavy atom. The standard InChI is InChI=1S/C34H56N6O3S/c1-37(2)19-8-7-13-30(38(3)26-10-5-4-6-11-26)32(42)40-20-14-29(28(25-40)31(41)35-24-27-12-9-23-44-27)36-33(43)39-21-17-34(15-16-34)18-22-39/h9,12,23,26,28-30H,4-8,10-11,13-22,24-25H2,1-3H3,(H,35,41)(H,36,43)/t28-,29+,30?/m0/s1. The van der Waals surface area contributed by atoms with Gasteiger partial charge in [-0.1, -0.05) is 31.7 Å². The molecule has 1 spiro atoms. The number of urea groups is 1. The number of amides is 4. The molecule has 2 aliphatic carbocycles. The second kappa shape index (κ2) is 15.4. The van der Waals surface area contributed by atoms with Crippen LogP contribution < -0.4 is 10.6 Å². The van der Waals surface area contributed by atoms with E-state index in [1.165, 1.54) is 32.1 Å². The van der Waals surface area contributed by atoms with Gasteiger partial charge in [0.1, 0.15) is 0 Å². The summed E-state index contributed by atoms with van der Waals surface area (Å²) in [4.78, 5) is 51.0. The van der Waals surface area contributed by atoms with Crippen molar-refractivity contribution in [3.05, 3.63) is 22.4 Å². The minimum absolute atomic E-state index is 0.0582. The molecule has 1 unspecified atom stereocenters. The van der Waals surface area contributed by atoms with E-state index in [1.54, 1.807) is 11.3 Å². The van der Waals surface area contributed by atoms with Crippen molar-refractivity contribution < 1.29 is 14.4 Å². The van der Waals surface area contributed by atoms with Gasteiger partial charge in [0.2, 0.25) is 11.8 Å². The lowest BCUT2D eigenvalue weighted by molar-refractivity contribution is -0.142. The van der Waals surface area contributed by atoms with Gasteiger partial charge in [0.15, 0.2) is 0 Å². The molecule has 10 heteroatoms. The van der Waals surface area contributed by atoms with Crippen LogP contribution in [0.3, 0.4) is 0 Å². The van der Waals surface area contributed by atoms with E-state index in [0.717, 1.165) is 69.5 Å². The van der Waals surface area contributed by atoms with Crippen LogP contribution in [0.5, 0.6) is 0 Å². The summed E-state index contributed by atoms with van der Waals surface area (Å²) < 4.78 is 0. The summed E-state index contributed by atoms with van der Waals surface area (Å²) in [7, 11) is 6.34. The number of hydrogen-bond acceptors (Lipinski definition) is 6. The van der Waals surface area contributed by atoms with Gasteiger partial charge in [0, 0.05) is 43.1 Å². The van der Waals surface area contributed by atoms with Gasteiger partial charge < -0.3 is 25.3 Å². The summed E-state index contributed by atoms with van der Waals surface area (Å²) >= 11 is 1.62. The number of nitrogens with zero attached hydrogens (tertiary/aromatic N) is 4. The highest BCUT2D eigenvalue weighted by atomic mass is 32.1. The number of hydrogen-bond donors (Lipinski definition) is 2. The van der Waals surface area contributed by atoms with Gasteiger partial charge in [0.25, 0.3) is 0 Å². The second-order valence-electron chi connectivity index (χ2n) is 14.3. The Balaban J connectivity index is 1.26. The Morgan fingerprint density at radius 1 is 0.977 bits per heavy atom.